The van der Waals surface area contributed by atoms with Crippen molar-refractivity contribution >= 4 is 11.3 Å². The predicted octanol–water partition coefficient (Wildman–Crippen LogP) is 1.69. The third-order valence-electron chi connectivity index (χ3n) is 3.19. The summed E-state index contributed by atoms with van der Waals surface area (Å²) in [6.45, 7) is 1.30. The zero-order valence-corrected chi connectivity index (χ0v) is 10.8. The Morgan fingerprint density at radius 3 is 2.94 bits per heavy atom. The summed E-state index contributed by atoms with van der Waals surface area (Å²) in [5.74, 6) is 1.24. The number of ether oxygens (including phenoxy) is 1. The molecule has 96 valence electrons. The standard InChI is InChI=1S/C12H15N3O2S/c13-12(3-5-16-6-4-12)11-14-10(15-17-11)8-9-2-1-7-18-9/h1-2,7H,3-6,8,13H2. The topological polar surface area (TPSA) is 74.2 Å². The van der Waals surface area contributed by atoms with E-state index in [4.69, 9.17) is 15.0 Å². The van der Waals surface area contributed by atoms with E-state index < -0.39 is 5.54 Å². The highest BCUT2D eigenvalue weighted by Gasteiger charge is 2.35. The van der Waals surface area contributed by atoms with Crippen molar-refractivity contribution in [2.45, 2.75) is 24.8 Å². The van der Waals surface area contributed by atoms with Crippen LogP contribution in [0.4, 0.5) is 0 Å². The molecule has 0 aliphatic carbocycles. The molecular formula is C12H15N3O2S. The Kier molecular flexibility index (Phi) is 3.15. The second-order valence-corrected chi connectivity index (χ2v) is 5.57. The van der Waals surface area contributed by atoms with E-state index in [0.29, 0.717) is 31.3 Å². The Labute approximate surface area is 109 Å². The van der Waals surface area contributed by atoms with Crippen molar-refractivity contribution in [3.05, 3.63) is 34.1 Å². The molecule has 0 amide bonds. The van der Waals surface area contributed by atoms with Crippen LogP contribution in [-0.4, -0.2) is 23.4 Å². The first-order chi connectivity index (χ1) is 8.76. The van der Waals surface area contributed by atoms with Crippen LogP contribution < -0.4 is 5.73 Å². The number of thiophene rings is 1. The maximum atomic E-state index is 6.29. The highest BCUT2D eigenvalue weighted by atomic mass is 32.1. The summed E-state index contributed by atoms with van der Waals surface area (Å²) in [4.78, 5) is 5.65. The summed E-state index contributed by atoms with van der Waals surface area (Å²) < 4.78 is 10.6. The van der Waals surface area contributed by atoms with Crippen LogP contribution in [0.3, 0.4) is 0 Å². The van der Waals surface area contributed by atoms with Crippen molar-refractivity contribution in [3.8, 4) is 0 Å². The Morgan fingerprint density at radius 1 is 1.39 bits per heavy atom. The minimum atomic E-state index is -0.515. The Morgan fingerprint density at radius 2 is 2.22 bits per heavy atom. The third kappa shape index (κ3) is 2.31. The van der Waals surface area contributed by atoms with Gasteiger partial charge in [0.1, 0.15) is 5.54 Å². The molecule has 18 heavy (non-hydrogen) atoms. The summed E-state index contributed by atoms with van der Waals surface area (Å²) in [6.07, 6.45) is 2.16. The maximum Gasteiger partial charge on any atom is 0.246 e. The molecule has 5 nitrogen and oxygen atoms in total. The fourth-order valence-corrected chi connectivity index (χ4v) is 2.75. The molecule has 6 heteroatoms. The zero-order chi connectivity index (χ0) is 12.4. The van der Waals surface area contributed by atoms with Gasteiger partial charge in [-0.2, -0.15) is 4.98 Å². The van der Waals surface area contributed by atoms with Gasteiger partial charge >= 0.3 is 0 Å². The Balaban J connectivity index is 1.76. The minimum Gasteiger partial charge on any atom is -0.381 e. The number of rotatable bonds is 3. The van der Waals surface area contributed by atoms with Gasteiger partial charge in [0, 0.05) is 24.5 Å². The molecule has 0 spiro atoms. The summed E-state index contributed by atoms with van der Waals surface area (Å²) in [5, 5.41) is 6.05. The van der Waals surface area contributed by atoms with Crippen molar-refractivity contribution in [1.29, 1.82) is 0 Å². The smallest absolute Gasteiger partial charge is 0.246 e. The fraction of sp³-hybridized carbons (Fsp3) is 0.500. The summed E-state index contributed by atoms with van der Waals surface area (Å²) in [6, 6.07) is 4.08. The van der Waals surface area contributed by atoms with Crippen molar-refractivity contribution in [2.75, 3.05) is 13.2 Å². The summed E-state index contributed by atoms with van der Waals surface area (Å²) >= 11 is 1.69. The molecule has 3 heterocycles. The van der Waals surface area contributed by atoms with E-state index in [1.165, 1.54) is 4.88 Å². The van der Waals surface area contributed by atoms with Crippen LogP contribution in [-0.2, 0) is 16.7 Å². The van der Waals surface area contributed by atoms with E-state index >= 15 is 0 Å². The third-order valence-corrected chi connectivity index (χ3v) is 4.07. The molecule has 1 aliphatic heterocycles. The van der Waals surface area contributed by atoms with Crippen LogP contribution in [0.1, 0.15) is 29.4 Å². The van der Waals surface area contributed by atoms with Gasteiger partial charge in [0.15, 0.2) is 5.82 Å². The lowest BCUT2D eigenvalue weighted by atomic mass is 9.91. The molecule has 1 fully saturated rings. The first-order valence-corrected chi connectivity index (χ1v) is 6.86. The van der Waals surface area contributed by atoms with Crippen LogP contribution in [0.25, 0.3) is 0 Å². The van der Waals surface area contributed by atoms with E-state index in [-0.39, 0.29) is 0 Å². The maximum absolute atomic E-state index is 6.29. The fourth-order valence-electron chi connectivity index (χ4n) is 2.05. The van der Waals surface area contributed by atoms with E-state index in [2.05, 4.69) is 16.2 Å². The molecule has 2 aromatic rings. The first-order valence-electron chi connectivity index (χ1n) is 5.98. The molecule has 1 saturated heterocycles. The highest BCUT2D eigenvalue weighted by Crippen LogP contribution is 2.28. The van der Waals surface area contributed by atoms with Crippen molar-refractivity contribution < 1.29 is 9.26 Å². The Bertz CT molecular complexity index is 503. The highest BCUT2D eigenvalue weighted by molar-refractivity contribution is 7.09. The van der Waals surface area contributed by atoms with Gasteiger partial charge in [-0.25, -0.2) is 0 Å². The van der Waals surface area contributed by atoms with Crippen LogP contribution >= 0.6 is 11.3 Å². The molecule has 1 aliphatic rings. The van der Waals surface area contributed by atoms with Gasteiger partial charge in [-0.15, -0.1) is 11.3 Å². The van der Waals surface area contributed by atoms with Gasteiger partial charge < -0.3 is 15.0 Å². The van der Waals surface area contributed by atoms with Crippen LogP contribution in [0, 0.1) is 0 Å². The molecule has 0 radical (unpaired) electrons. The number of hydrogen-bond donors (Lipinski definition) is 1. The molecule has 0 bridgehead atoms. The summed E-state index contributed by atoms with van der Waals surface area (Å²) in [7, 11) is 0. The predicted molar refractivity (Wildman–Crippen MR) is 67.3 cm³/mol. The molecule has 2 N–H and O–H groups in total. The quantitative estimate of drug-likeness (QED) is 0.914. The minimum absolute atomic E-state index is 0.515. The van der Waals surface area contributed by atoms with Crippen molar-refractivity contribution in [2.24, 2.45) is 5.73 Å². The van der Waals surface area contributed by atoms with E-state index in [1.54, 1.807) is 11.3 Å². The average Bonchev–Trinajstić information content (AvgIpc) is 3.02. The zero-order valence-electron chi connectivity index (χ0n) is 9.96. The van der Waals surface area contributed by atoms with Crippen molar-refractivity contribution in [3.63, 3.8) is 0 Å². The van der Waals surface area contributed by atoms with Crippen LogP contribution in [0.5, 0.6) is 0 Å². The van der Waals surface area contributed by atoms with Crippen molar-refractivity contribution in [1.82, 2.24) is 10.1 Å². The molecule has 0 atom stereocenters. The van der Waals surface area contributed by atoms with E-state index in [0.717, 1.165) is 12.8 Å². The van der Waals surface area contributed by atoms with E-state index in [1.807, 2.05) is 11.4 Å². The molecule has 0 aromatic carbocycles. The second kappa shape index (κ2) is 4.79. The van der Waals surface area contributed by atoms with Gasteiger partial charge in [0.2, 0.25) is 5.89 Å². The molecule has 2 aromatic heterocycles. The molecular weight excluding hydrogens is 250 g/mol. The average molecular weight is 265 g/mol. The van der Waals surface area contributed by atoms with Crippen LogP contribution in [0.15, 0.2) is 22.0 Å². The first kappa shape index (κ1) is 11.8. The molecule has 0 saturated carbocycles. The monoisotopic (exact) mass is 265 g/mol. The van der Waals surface area contributed by atoms with Gasteiger partial charge in [-0.1, -0.05) is 11.2 Å². The van der Waals surface area contributed by atoms with Gasteiger partial charge in [0.25, 0.3) is 0 Å². The molecule has 3 rings (SSSR count). The van der Waals surface area contributed by atoms with Gasteiger partial charge in [0.05, 0.1) is 0 Å². The number of nitrogens with zero attached hydrogens (tertiary/aromatic N) is 2. The normalized spacial score (nSPS) is 18.9. The largest absolute Gasteiger partial charge is 0.381 e. The van der Waals surface area contributed by atoms with Crippen LogP contribution in [0.2, 0.25) is 0 Å². The lowest BCUT2D eigenvalue weighted by molar-refractivity contribution is 0.0400. The number of nitrogens with two attached hydrogens (primary N) is 1. The van der Waals surface area contributed by atoms with Gasteiger partial charge in [-0.3, -0.25) is 0 Å². The SMILES string of the molecule is NC1(c2nc(Cc3cccs3)no2)CCOCC1. The lowest BCUT2D eigenvalue weighted by Crippen LogP contribution is -2.42. The number of aromatic nitrogens is 2. The van der Waals surface area contributed by atoms with Gasteiger partial charge in [-0.05, 0) is 24.3 Å². The molecule has 0 unspecified atom stereocenters. The lowest BCUT2D eigenvalue weighted by Gasteiger charge is -2.29. The Hall–Kier alpha value is -1.24. The summed E-state index contributed by atoms with van der Waals surface area (Å²) in [5.41, 5.74) is 5.78. The second-order valence-electron chi connectivity index (χ2n) is 4.54. The van der Waals surface area contributed by atoms with E-state index in [9.17, 15) is 0 Å². The number of hydrogen-bond acceptors (Lipinski definition) is 6.